The summed E-state index contributed by atoms with van der Waals surface area (Å²) in [6.07, 6.45) is 3.91. The lowest BCUT2D eigenvalue weighted by atomic mass is 9.88. The van der Waals surface area contributed by atoms with Crippen molar-refractivity contribution < 1.29 is 14.7 Å². The van der Waals surface area contributed by atoms with E-state index in [1.165, 1.54) is 12.1 Å². The third-order valence-electron chi connectivity index (χ3n) is 3.72. The Hall–Kier alpha value is -1.36. The molecule has 1 amide bonds. The highest BCUT2D eigenvalue weighted by molar-refractivity contribution is 9.10. The molecule has 0 heterocycles. The Morgan fingerprint density at radius 2 is 1.95 bits per heavy atom. The van der Waals surface area contributed by atoms with E-state index in [0.717, 1.165) is 25.7 Å². The molecule has 0 radical (unpaired) electrons. The zero-order valence-corrected chi connectivity index (χ0v) is 12.3. The molecule has 0 bridgehead atoms. The van der Waals surface area contributed by atoms with Gasteiger partial charge in [-0.3, -0.25) is 4.79 Å². The molecule has 1 aromatic carbocycles. The average molecular weight is 326 g/mol. The molecule has 0 unspecified atom stereocenters. The molecule has 2 rings (SSSR count). The number of rotatable bonds is 3. The number of amides is 1. The molecule has 102 valence electrons. The minimum absolute atomic E-state index is 0.0340. The van der Waals surface area contributed by atoms with Gasteiger partial charge in [0.25, 0.3) is 0 Å². The van der Waals surface area contributed by atoms with Crippen LogP contribution < -0.4 is 5.32 Å². The summed E-state index contributed by atoms with van der Waals surface area (Å²) in [4.78, 5) is 23.2. The van der Waals surface area contributed by atoms with E-state index in [-0.39, 0.29) is 16.9 Å². The summed E-state index contributed by atoms with van der Waals surface area (Å²) in [6.45, 7) is 1.96. The fourth-order valence-corrected chi connectivity index (χ4v) is 2.76. The second kappa shape index (κ2) is 5.33. The fourth-order valence-electron chi connectivity index (χ4n) is 2.41. The van der Waals surface area contributed by atoms with Gasteiger partial charge in [-0.25, -0.2) is 4.79 Å². The van der Waals surface area contributed by atoms with Crippen molar-refractivity contribution in [2.45, 2.75) is 32.6 Å². The van der Waals surface area contributed by atoms with Gasteiger partial charge in [-0.1, -0.05) is 19.8 Å². The Morgan fingerprint density at radius 3 is 2.53 bits per heavy atom. The Morgan fingerprint density at radius 1 is 1.32 bits per heavy atom. The first kappa shape index (κ1) is 14.1. The number of halogens is 1. The lowest BCUT2D eigenvalue weighted by Gasteiger charge is -2.22. The summed E-state index contributed by atoms with van der Waals surface area (Å²) in [5, 5.41) is 11.8. The maximum atomic E-state index is 12.3. The van der Waals surface area contributed by atoms with E-state index in [0.29, 0.717) is 10.2 Å². The van der Waals surface area contributed by atoms with Crippen molar-refractivity contribution >= 4 is 33.5 Å². The van der Waals surface area contributed by atoms with Gasteiger partial charge in [0.05, 0.1) is 11.3 Å². The van der Waals surface area contributed by atoms with E-state index in [9.17, 15) is 9.59 Å². The van der Waals surface area contributed by atoms with E-state index >= 15 is 0 Å². The van der Waals surface area contributed by atoms with Crippen molar-refractivity contribution in [1.29, 1.82) is 0 Å². The van der Waals surface area contributed by atoms with Crippen LogP contribution >= 0.6 is 15.9 Å². The molecular formula is C14H16BrNO3. The van der Waals surface area contributed by atoms with Crippen molar-refractivity contribution in [3.05, 3.63) is 28.2 Å². The second-order valence-corrected chi connectivity index (χ2v) is 6.08. The van der Waals surface area contributed by atoms with Crippen LogP contribution in [0.15, 0.2) is 22.7 Å². The summed E-state index contributed by atoms with van der Waals surface area (Å²) in [5.74, 6) is -1.04. The van der Waals surface area contributed by atoms with Crippen LogP contribution in [0.2, 0.25) is 0 Å². The summed E-state index contributed by atoms with van der Waals surface area (Å²) < 4.78 is 0.687. The number of anilines is 1. The number of carboxylic acid groups (broad SMARTS) is 1. The predicted molar refractivity (Wildman–Crippen MR) is 76.3 cm³/mol. The van der Waals surface area contributed by atoms with Crippen LogP contribution in [-0.4, -0.2) is 17.0 Å². The normalized spacial score (nSPS) is 17.2. The monoisotopic (exact) mass is 325 g/mol. The number of carboxylic acids is 1. The van der Waals surface area contributed by atoms with Gasteiger partial charge in [0, 0.05) is 9.89 Å². The minimum atomic E-state index is -1.00. The second-order valence-electron chi connectivity index (χ2n) is 5.22. The van der Waals surface area contributed by atoms with Gasteiger partial charge in [-0.15, -0.1) is 0 Å². The molecule has 1 fully saturated rings. The third-order valence-corrected chi connectivity index (χ3v) is 4.41. The van der Waals surface area contributed by atoms with Crippen LogP contribution in [0, 0.1) is 5.41 Å². The van der Waals surface area contributed by atoms with E-state index in [1.807, 2.05) is 6.92 Å². The number of carbonyl (C=O) groups is 2. The van der Waals surface area contributed by atoms with Crippen LogP contribution in [0.5, 0.6) is 0 Å². The zero-order valence-electron chi connectivity index (χ0n) is 10.7. The van der Waals surface area contributed by atoms with E-state index in [4.69, 9.17) is 5.11 Å². The molecule has 0 spiro atoms. The first-order valence-corrected chi connectivity index (χ1v) is 7.06. The number of nitrogens with one attached hydrogen (secondary N) is 1. The molecule has 2 N–H and O–H groups in total. The number of carbonyl (C=O) groups excluding carboxylic acids is 1. The smallest absolute Gasteiger partial charge is 0.335 e. The summed E-state index contributed by atoms with van der Waals surface area (Å²) in [7, 11) is 0. The lowest BCUT2D eigenvalue weighted by Crippen LogP contribution is -2.31. The Balaban J connectivity index is 2.20. The lowest BCUT2D eigenvalue weighted by molar-refractivity contribution is -0.124. The average Bonchev–Trinajstić information content (AvgIpc) is 2.80. The standard InChI is InChI=1S/C14H16BrNO3/c1-14(6-2-3-7-14)13(19)16-11-8-9(12(17)18)4-5-10(11)15/h4-5,8H,2-3,6-7H2,1H3,(H,16,19)(H,17,18). The molecule has 0 atom stereocenters. The van der Waals surface area contributed by atoms with E-state index in [1.54, 1.807) is 6.07 Å². The van der Waals surface area contributed by atoms with Gasteiger partial charge in [0.1, 0.15) is 0 Å². The van der Waals surface area contributed by atoms with Crippen LogP contribution in [-0.2, 0) is 4.79 Å². The molecule has 0 aromatic heterocycles. The molecule has 5 heteroatoms. The molecule has 1 aliphatic rings. The first-order valence-electron chi connectivity index (χ1n) is 6.27. The van der Waals surface area contributed by atoms with Crippen molar-refractivity contribution in [2.75, 3.05) is 5.32 Å². The topological polar surface area (TPSA) is 66.4 Å². The zero-order chi connectivity index (χ0) is 14.0. The summed E-state index contributed by atoms with van der Waals surface area (Å²) in [5.41, 5.74) is 0.340. The SMILES string of the molecule is CC1(C(=O)Nc2cc(C(=O)O)ccc2Br)CCCC1. The maximum Gasteiger partial charge on any atom is 0.335 e. The molecule has 1 aromatic rings. The van der Waals surface area contributed by atoms with E-state index in [2.05, 4.69) is 21.2 Å². The van der Waals surface area contributed by atoms with Crippen molar-refractivity contribution in [2.24, 2.45) is 5.41 Å². The largest absolute Gasteiger partial charge is 0.478 e. The summed E-state index contributed by atoms with van der Waals surface area (Å²) in [6, 6.07) is 4.61. The van der Waals surface area contributed by atoms with E-state index < -0.39 is 5.97 Å². The minimum Gasteiger partial charge on any atom is -0.478 e. The molecule has 1 aliphatic carbocycles. The van der Waals surface area contributed by atoms with Crippen molar-refractivity contribution in [3.8, 4) is 0 Å². The quantitative estimate of drug-likeness (QED) is 0.891. The highest BCUT2D eigenvalue weighted by Crippen LogP contribution is 2.39. The molecule has 19 heavy (non-hydrogen) atoms. The van der Waals surface area contributed by atoms with Crippen LogP contribution in [0.3, 0.4) is 0 Å². The van der Waals surface area contributed by atoms with Gasteiger partial charge in [0.2, 0.25) is 5.91 Å². The van der Waals surface area contributed by atoms with Gasteiger partial charge in [-0.2, -0.15) is 0 Å². The van der Waals surface area contributed by atoms with Crippen LogP contribution in [0.4, 0.5) is 5.69 Å². The first-order chi connectivity index (χ1) is 8.92. The Bertz CT molecular complexity index is 521. The Kier molecular flexibility index (Phi) is 3.94. The summed E-state index contributed by atoms with van der Waals surface area (Å²) >= 11 is 3.33. The maximum absolute atomic E-state index is 12.3. The van der Waals surface area contributed by atoms with Gasteiger partial charge in [-0.05, 0) is 47.0 Å². The molecule has 0 aliphatic heterocycles. The molecule has 4 nitrogen and oxygen atoms in total. The Labute approximate surface area is 120 Å². The molecule has 0 saturated heterocycles. The molecule has 1 saturated carbocycles. The van der Waals surface area contributed by atoms with Crippen LogP contribution in [0.25, 0.3) is 0 Å². The van der Waals surface area contributed by atoms with Gasteiger partial charge < -0.3 is 10.4 Å². The van der Waals surface area contributed by atoms with Crippen molar-refractivity contribution in [3.63, 3.8) is 0 Å². The fraction of sp³-hybridized carbons (Fsp3) is 0.429. The third kappa shape index (κ3) is 2.97. The van der Waals surface area contributed by atoms with Gasteiger partial charge in [0.15, 0.2) is 0 Å². The number of hydrogen-bond donors (Lipinski definition) is 2. The highest BCUT2D eigenvalue weighted by atomic mass is 79.9. The number of hydrogen-bond acceptors (Lipinski definition) is 2. The molecular weight excluding hydrogens is 310 g/mol. The predicted octanol–water partition coefficient (Wildman–Crippen LogP) is 3.67. The van der Waals surface area contributed by atoms with Gasteiger partial charge >= 0.3 is 5.97 Å². The van der Waals surface area contributed by atoms with Crippen LogP contribution in [0.1, 0.15) is 43.0 Å². The number of aromatic carboxylic acids is 1. The van der Waals surface area contributed by atoms with Crippen molar-refractivity contribution in [1.82, 2.24) is 0 Å². The number of benzene rings is 1. The highest BCUT2D eigenvalue weighted by Gasteiger charge is 2.36.